The first kappa shape index (κ1) is 13.0. The van der Waals surface area contributed by atoms with E-state index in [2.05, 4.69) is 5.32 Å². The molecule has 2 unspecified atom stereocenters. The summed E-state index contributed by atoms with van der Waals surface area (Å²) in [6.45, 7) is 3.18. The molecule has 92 valence electrons. The predicted molar refractivity (Wildman–Crippen MR) is 58.0 cm³/mol. The minimum atomic E-state index is -0.859. The van der Waals surface area contributed by atoms with Crippen LogP contribution in [-0.2, 0) is 14.3 Å². The van der Waals surface area contributed by atoms with Gasteiger partial charge in [-0.15, -0.1) is 0 Å². The Morgan fingerprint density at radius 1 is 1.56 bits per heavy atom. The van der Waals surface area contributed by atoms with E-state index in [4.69, 9.17) is 9.84 Å². The van der Waals surface area contributed by atoms with Crippen LogP contribution in [0, 0.1) is 11.8 Å². The molecule has 0 saturated carbocycles. The van der Waals surface area contributed by atoms with Crippen LogP contribution in [0.2, 0.25) is 0 Å². The molecule has 2 N–H and O–H groups in total. The third-order valence-corrected chi connectivity index (χ3v) is 2.90. The van der Waals surface area contributed by atoms with Crippen LogP contribution >= 0.6 is 0 Å². The molecular weight excluding hydrogens is 210 g/mol. The zero-order valence-corrected chi connectivity index (χ0v) is 9.57. The molecule has 0 bridgehead atoms. The number of rotatable bonds is 5. The zero-order valence-electron chi connectivity index (χ0n) is 9.57. The molecule has 2 atom stereocenters. The molecule has 0 spiro atoms. The van der Waals surface area contributed by atoms with Crippen LogP contribution in [0.3, 0.4) is 0 Å². The molecule has 1 amide bonds. The van der Waals surface area contributed by atoms with Gasteiger partial charge in [-0.05, 0) is 19.3 Å². The highest BCUT2D eigenvalue weighted by atomic mass is 16.5. The van der Waals surface area contributed by atoms with E-state index in [1.807, 2.05) is 0 Å². The lowest BCUT2D eigenvalue weighted by molar-refractivity contribution is -0.142. The van der Waals surface area contributed by atoms with Gasteiger partial charge in [0.05, 0.1) is 18.4 Å². The summed E-state index contributed by atoms with van der Waals surface area (Å²) in [5, 5.41) is 11.5. The third kappa shape index (κ3) is 3.81. The van der Waals surface area contributed by atoms with E-state index in [9.17, 15) is 9.59 Å². The SMILES string of the molecule is CCC(CNC(=O)C1CCCOC1)C(=O)O. The normalized spacial score (nSPS) is 22.4. The lowest BCUT2D eigenvalue weighted by atomic mass is 10.0. The summed E-state index contributed by atoms with van der Waals surface area (Å²) in [6, 6.07) is 0. The summed E-state index contributed by atoms with van der Waals surface area (Å²) in [6.07, 6.45) is 2.25. The predicted octanol–water partition coefficient (Wildman–Crippen LogP) is 0.640. The second kappa shape index (κ2) is 6.48. The Bertz CT molecular complexity index is 248. The molecule has 1 saturated heterocycles. The largest absolute Gasteiger partial charge is 0.481 e. The molecule has 5 nitrogen and oxygen atoms in total. The highest BCUT2D eigenvalue weighted by molar-refractivity contribution is 5.79. The van der Waals surface area contributed by atoms with Crippen molar-refractivity contribution in [2.75, 3.05) is 19.8 Å². The van der Waals surface area contributed by atoms with Gasteiger partial charge in [0.2, 0.25) is 5.91 Å². The molecule has 0 radical (unpaired) electrons. The van der Waals surface area contributed by atoms with E-state index < -0.39 is 11.9 Å². The number of hydrogen-bond donors (Lipinski definition) is 2. The summed E-state index contributed by atoms with van der Waals surface area (Å²) in [5.74, 6) is -1.55. The van der Waals surface area contributed by atoms with Gasteiger partial charge < -0.3 is 15.2 Å². The molecule has 0 aromatic rings. The molecule has 1 heterocycles. The first-order valence-corrected chi connectivity index (χ1v) is 5.73. The standard InChI is InChI=1S/C11H19NO4/c1-2-8(11(14)15)6-12-10(13)9-4-3-5-16-7-9/h8-9H,2-7H2,1H3,(H,12,13)(H,14,15). The third-order valence-electron chi connectivity index (χ3n) is 2.90. The maximum Gasteiger partial charge on any atom is 0.308 e. The summed E-state index contributed by atoms with van der Waals surface area (Å²) in [4.78, 5) is 22.4. The van der Waals surface area contributed by atoms with Gasteiger partial charge in [0, 0.05) is 13.2 Å². The minimum Gasteiger partial charge on any atom is -0.481 e. The number of carbonyl (C=O) groups is 2. The lowest BCUT2D eigenvalue weighted by Crippen LogP contribution is -2.39. The first-order chi connectivity index (χ1) is 7.65. The Hall–Kier alpha value is -1.10. The van der Waals surface area contributed by atoms with Crippen LogP contribution in [-0.4, -0.2) is 36.7 Å². The van der Waals surface area contributed by atoms with Gasteiger partial charge >= 0.3 is 5.97 Å². The van der Waals surface area contributed by atoms with Crippen LogP contribution < -0.4 is 5.32 Å². The highest BCUT2D eigenvalue weighted by Gasteiger charge is 2.23. The summed E-state index contributed by atoms with van der Waals surface area (Å²) in [7, 11) is 0. The van der Waals surface area contributed by atoms with Gasteiger partial charge in [0.25, 0.3) is 0 Å². The Balaban J connectivity index is 2.30. The monoisotopic (exact) mass is 229 g/mol. The van der Waals surface area contributed by atoms with E-state index in [-0.39, 0.29) is 18.4 Å². The number of carbonyl (C=O) groups excluding carboxylic acids is 1. The summed E-state index contributed by atoms with van der Waals surface area (Å²) < 4.78 is 5.21. The maximum absolute atomic E-state index is 11.7. The van der Waals surface area contributed by atoms with Crippen LogP contribution in [0.1, 0.15) is 26.2 Å². The lowest BCUT2D eigenvalue weighted by Gasteiger charge is -2.22. The topological polar surface area (TPSA) is 75.6 Å². The average Bonchev–Trinajstić information content (AvgIpc) is 2.30. The van der Waals surface area contributed by atoms with E-state index >= 15 is 0 Å². The van der Waals surface area contributed by atoms with E-state index in [1.165, 1.54) is 0 Å². The van der Waals surface area contributed by atoms with Gasteiger partial charge in [-0.3, -0.25) is 9.59 Å². The van der Waals surface area contributed by atoms with Crippen molar-refractivity contribution in [2.24, 2.45) is 11.8 Å². The fourth-order valence-electron chi connectivity index (χ4n) is 1.72. The van der Waals surface area contributed by atoms with Gasteiger partial charge in [-0.25, -0.2) is 0 Å². The van der Waals surface area contributed by atoms with Gasteiger partial charge in [-0.1, -0.05) is 6.92 Å². The van der Waals surface area contributed by atoms with Crippen LogP contribution in [0.25, 0.3) is 0 Å². The molecule has 5 heteroatoms. The maximum atomic E-state index is 11.7. The molecule has 1 aliphatic rings. The van der Waals surface area contributed by atoms with Crippen molar-refractivity contribution in [3.05, 3.63) is 0 Å². The van der Waals surface area contributed by atoms with Crippen molar-refractivity contribution in [1.82, 2.24) is 5.32 Å². The molecule has 0 aliphatic carbocycles. The molecular formula is C11H19NO4. The molecule has 1 aliphatic heterocycles. The number of carboxylic acids is 1. The van der Waals surface area contributed by atoms with E-state index in [0.717, 1.165) is 19.4 Å². The van der Waals surface area contributed by atoms with E-state index in [0.29, 0.717) is 13.0 Å². The number of amides is 1. The fourth-order valence-corrected chi connectivity index (χ4v) is 1.72. The number of aliphatic carboxylic acids is 1. The van der Waals surface area contributed by atoms with Crippen LogP contribution in [0.5, 0.6) is 0 Å². The van der Waals surface area contributed by atoms with Crippen molar-refractivity contribution < 1.29 is 19.4 Å². The molecule has 1 fully saturated rings. The minimum absolute atomic E-state index is 0.0839. The van der Waals surface area contributed by atoms with E-state index in [1.54, 1.807) is 6.92 Å². The van der Waals surface area contributed by atoms with Crippen molar-refractivity contribution in [1.29, 1.82) is 0 Å². The second-order valence-electron chi connectivity index (χ2n) is 4.10. The highest BCUT2D eigenvalue weighted by Crippen LogP contribution is 2.13. The van der Waals surface area contributed by atoms with Crippen LogP contribution in [0.15, 0.2) is 0 Å². The van der Waals surface area contributed by atoms with Crippen molar-refractivity contribution in [2.45, 2.75) is 26.2 Å². The van der Waals surface area contributed by atoms with Crippen molar-refractivity contribution in [3.63, 3.8) is 0 Å². The summed E-state index contributed by atoms with van der Waals surface area (Å²) in [5.41, 5.74) is 0. The Morgan fingerprint density at radius 3 is 2.81 bits per heavy atom. The number of nitrogens with one attached hydrogen (secondary N) is 1. The van der Waals surface area contributed by atoms with Crippen LogP contribution in [0.4, 0.5) is 0 Å². The molecule has 16 heavy (non-hydrogen) atoms. The molecule has 1 rings (SSSR count). The number of carboxylic acid groups (broad SMARTS) is 1. The summed E-state index contributed by atoms with van der Waals surface area (Å²) >= 11 is 0. The fraction of sp³-hybridized carbons (Fsp3) is 0.818. The smallest absolute Gasteiger partial charge is 0.308 e. The van der Waals surface area contributed by atoms with Gasteiger partial charge in [-0.2, -0.15) is 0 Å². The quantitative estimate of drug-likeness (QED) is 0.725. The van der Waals surface area contributed by atoms with Crippen molar-refractivity contribution >= 4 is 11.9 Å². The van der Waals surface area contributed by atoms with Crippen molar-refractivity contribution in [3.8, 4) is 0 Å². The second-order valence-corrected chi connectivity index (χ2v) is 4.10. The number of ether oxygens (including phenoxy) is 1. The Labute approximate surface area is 95.2 Å². The Morgan fingerprint density at radius 2 is 2.31 bits per heavy atom. The Kier molecular flexibility index (Phi) is 5.25. The zero-order chi connectivity index (χ0) is 12.0. The van der Waals surface area contributed by atoms with Gasteiger partial charge in [0.15, 0.2) is 0 Å². The number of hydrogen-bond acceptors (Lipinski definition) is 3. The molecule has 0 aromatic heterocycles. The first-order valence-electron chi connectivity index (χ1n) is 5.73. The van der Waals surface area contributed by atoms with Gasteiger partial charge in [0.1, 0.15) is 0 Å². The molecule has 0 aromatic carbocycles. The average molecular weight is 229 g/mol.